The predicted molar refractivity (Wildman–Crippen MR) is 88.9 cm³/mol. The molecule has 1 saturated heterocycles. The molecular formula is C16H21N3O4S. The van der Waals surface area contributed by atoms with Crippen LogP contribution in [0.4, 0.5) is 4.79 Å². The van der Waals surface area contributed by atoms with E-state index >= 15 is 0 Å². The van der Waals surface area contributed by atoms with Crippen LogP contribution in [0.15, 0.2) is 24.3 Å². The summed E-state index contributed by atoms with van der Waals surface area (Å²) in [6.45, 7) is 1.71. The Hall–Kier alpha value is -1.93. The van der Waals surface area contributed by atoms with E-state index in [0.29, 0.717) is 6.54 Å². The van der Waals surface area contributed by atoms with Gasteiger partial charge in [-0.15, -0.1) is 0 Å². The summed E-state index contributed by atoms with van der Waals surface area (Å²) < 4.78 is 22.5. The van der Waals surface area contributed by atoms with Gasteiger partial charge in [-0.1, -0.05) is 24.3 Å². The molecule has 1 aromatic carbocycles. The van der Waals surface area contributed by atoms with Crippen molar-refractivity contribution < 1.29 is 18.0 Å². The fourth-order valence-electron chi connectivity index (χ4n) is 3.11. The molecule has 1 aromatic rings. The van der Waals surface area contributed by atoms with Crippen molar-refractivity contribution in [1.29, 1.82) is 0 Å². The number of amides is 3. The standard InChI is InChI=1S/C16H21N3O4S/c1-24(22,23)9-7-14-15(20)19(16(21)17-14)11-18-8-6-12-4-2-3-5-13(12)10-18/h2-5,14H,6-11H2,1H3,(H,17,21). The highest BCUT2D eigenvalue weighted by molar-refractivity contribution is 7.90. The van der Waals surface area contributed by atoms with Gasteiger partial charge in [0.2, 0.25) is 0 Å². The topological polar surface area (TPSA) is 86.8 Å². The first-order valence-electron chi connectivity index (χ1n) is 7.92. The lowest BCUT2D eigenvalue weighted by Gasteiger charge is -2.30. The number of urea groups is 1. The normalized spacial score (nSPS) is 21.7. The number of fused-ring (bicyclic) bond motifs is 1. The monoisotopic (exact) mass is 351 g/mol. The van der Waals surface area contributed by atoms with Gasteiger partial charge in [-0.2, -0.15) is 0 Å². The zero-order chi connectivity index (χ0) is 17.3. The molecule has 130 valence electrons. The maximum atomic E-state index is 12.4. The van der Waals surface area contributed by atoms with Crippen LogP contribution in [0.5, 0.6) is 0 Å². The van der Waals surface area contributed by atoms with Gasteiger partial charge in [-0.25, -0.2) is 18.1 Å². The van der Waals surface area contributed by atoms with Gasteiger partial charge in [-0.05, 0) is 24.0 Å². The third kappa shape index (κ3) is 3.76. The molecule has 1 fully saturated rings. The van der Waals surface area contributed by atoms with Crippen molar-refractivity contribution in [2.24, 2.45) is 0 Å². The fourth-order valence-corrected chi connectivity index (χ4v) is 3.78. The number of nitrogens with zero attached hydrogens (tertiary/aromatic N) is 2. The average molecular weight is 351 g/mol. The molecule has 2 heterocycles. The highest BCUT2D eigenvalue weighted by atomic mass is 32.2. The summed E-state index contributed by atoms with van der Waals surface area (Å²) in [5.74, 6) is -0.461. The number of sulfone groups is 1. The zero-order valence-electron chi connectivity index (χ0n) is 13.6. The SMILES string of the molecule is CS(=O)(=O)CCC1NC(=O)N(CN2CCc3ccccc3C2)C1=O. The first kappa shape index (κ1) is 16.9. The molecule has 0 spiro atoms. The Morgan fingerprint density at radius 2 is 1.92 bits per heavy atom. The summed E-state index contributed by atoms with van der Waals surface area (Å²) >= 11 is 0. The van der Waals surface area contributed by atoms with Crippen molar-refractivity contribution in [2.75, 3.05) is 25.2 Å². The van der Waals surface area contributed by atoms with Crippen molar-refractivity contribution in [3.63, 3.8) is 0 Å². The van der Waals surface area contributed by atoms with Crippen LogP contribution in [0.3, 0.4) is 0 Å². The number of imide groups is 1. The van der Waals surface area contributed by atoms with Crippen molar-refractivity contribution in [1.82, 2.24) is 15.1 Å². The van der Waals surface area contributed by atoms with E-state index in [9.17, 15) is 18.0 Å². The largest absolute Gasteiger partial charge is 0.326 e. The first-order chi connectivity index (χ1) is 11.3. The number of nitrogens with one attached hydrogen (secondary N) is 1. The van der Waals surface area contributed by atoms with Crippen molar-refractivity contribution in [3.05, 3.63) is 35.4 Å². The van der Waals surface area contributed by atoms with E-state index in [2.05, 4.69) is 22.3 Å². The lowest BCUT2D eigenvalue weighted by molar-refractivity contribution is -0.129. The van der Waals surface area contributed by atoms with E-state index in [1.54, 1.807) is 0 Å². The third-order valence-electron chi connectivity index (χ3n) is 4.44. The molecule has 0 aromatic heterocycles. The summed E-state index contributed by atoms with van der Waals surface area (Å²) in [6, 6.07) is 6.96. The van der Waals surface area contributed by atoms with Gasteiger partial charge < -0.3 is 5.32 Å². The summed E-state index contributed by atoms with van der Waals surface area (Å²) in [5, 5.41) is 2.58. The second kappa shape index (κ2) is 6.52. The maximum absolute atomic E-state index is 12.4. The summed E-state index contributed by atoms with van der Waals surface area (Å²) in [6.07, 6.45) is 2.12. The van der Waals surface area contributed by atoms with Gasteiger partial charge in [0.25, 0.3) is 5.91 Å². The zero-order valence-corrected chi connectivity index (χ0v) is 14.4. The van der Waals surface area contributed by atoms with Crippen LogP contribution in [0.2, 0.25) is 0 Å². The smallest absolute Gasteiger partial charge is 0.325 e. The second-order valence-corrected chi connectivity index (χ2v) is 8.66. The van der Waals surface area contributed by atoms with Crippen LogP contribution in [0.1, 0.15) is 17.5 Å². The van der Waals surface area contributed by atoms with Crippen LogP contribution in [-0.4, -0.2) is 61.4 Å². The highest BCUT2D eigenvalue weighted by Crippen LogP contribution is 2.20. The van der Waals surface area contributed by atoms with Crippen LogP contribution in [0.25, 0.3) is 0 Å². The Labute approximate surface area is 141 Å². The molecule has 0 bridgehead atoms. The molecule has 3 amide bonds. The molecule has 7 nitrogen and oxygen atoms in total. The molecule has 2 aliphatic heterocycles. The molecular weight excluding hydrogens is 330 g/mol. The molecule has 2 aliphatic rings. The molecule has 1 atom stereocenters. The molecule has 1 unspecified atom stereocenters. The summed E-state index contributed by atoms with van der Waals surface area (Å²) in [5.41, 5.74) is 2.52. The van der Waals surface area contributed by atoms with Gasteiger partial charge >= 0.3 is 6.03 Å². The number of hydrogen-bond acceptors (Lipinski definition) is 5. The van der Waals surface area contributed by atoms with Crippen LogP contribution in [0, 0.1) is 0 Å². The van der Waals surface area contributed by atoms with E-state index in [1.807, 2.05) is 12.1 Å². The minimum absolute atomic E-state index is 0.114. The van der Waals surface area contributed by atoms with E-state index < -0.39 is 21.9 Å². The molecule has 0 aliphatic carbocycles. The lowest BCUT2D eigenvalue weighted by atomic mass is 10.0. The summed E-state index contributed by atoms with van der Waals surface area (Å²) in [7, 11) is -3.16. The van der Waals surface area contributed by atoms with Gasteiger partial charge in [0.05, 0.1) is 12.4 Å². The Morgan fingerprint density at radius 3 is 2.62 bits per heavy atom. The molecule has 0 radical (unpaired) electrons. The number of benzene rings is 1. The number of carbonyl (C=O) groups excluding carboxylic acids is 2. The van der Waals surface area contributed by atoms with Gasteiger partial charge in [0, 0.05) is 19.3 Å². The van der Waals surface area contributed by atoms with Gasteiger partial charge in [-0.3, -0.25) is 9.69 Å². The Morgan fingerprint density at radius 1 is 1.21 bits per heavy atom. The quantitative estimate of drug-likeness (QED) is 0.774. The number of hydrogen-bond donors (Lipinski definition) is 1. The third-order valence-corrected chi connectivity index (χ3v) is 5.41. The number of rotatable bonds is 5. The molecule has 0 saturated carbocycles. The Balaban J connectivity index is 1.61. The average Bonchev–Trinajstić information content (AvgIpc) is 2.80. The van der Waals surface area contributed by atoms with Crippen LogP contribution < -0.4 is 5.32 Å². The first-order valence-corrected chi connectivity index (χ1v) is 9.98. The number of carbonyl (C=O) groups is 2. The van der Waals surface area contributed by atoms with E-state index in [4.69, 9.17) is 0 Å². The van der Waals surface area contributed by atoms with Crippen molar-refractivity contribution >= 4 is 21.8 Å². The van der Waals surface area contributed by atoms with Gasteiger partial charge in [0.1, 0.15) is 15.9 Å². The highest BCUT2D eigenvalue weighted by Gasteiger charge is 2.39. The van der Waals surface area contributed by atoms with Crippen molar-refractivity contribution in [2.45, 2.75) is 25.4 Å². The summed E-state index contributed by atoms with van der Waals surface area (Å²) in [4.78, 5) is 27.7. The van der Waals surface area contributed by atoms with Crippen molar-refractivity contribution in [3.8, 4) is 0 Å². The predicted octanol–water partition coefficient (Wildman–Crippen LogP) is 0.357. The van der Waals surface area contributed by atoms with E-state index in [1.165, 1.54) is 16.0 Å². The maximum Gasteiger partial charge on any atom is 0.325 e. The lowest BCUT2D eigenvalue weighted by Crippen LogP contribution is -2.44. The Kier molecular flexibility index (Phi) is 4.60. The molecule has 3 rings (SSSR count). The van der Waals surface area contributed by atoms with E-state index in [0.717, 1.165) is 19.2 Å². The van der Waals surface area contributed by atoms with Crippen LogP contribution in [-0.2, 0) is 27.6 Å². The van der Waals surface area contributed by atoms with E-state index in [-0.39, 0.29) is 24.7 Å². The molecule has 24 heavy (non-hydrogen) atoms. The molecule has 1 N–H and O–H groups in total. The Bertz CT molecular complexity index is 762. The minimum atomic E-state index is -3.16. The molecule has 8 heteroatoms. The fraction of sp³-hybridized carbons (Fsp3) is 0.500. The minimum Gasteiger partial charge on any atom is -0.326 e. The van der Waals surface area contributed by atoms with Gasteiger partial charge in [0.15, 0.2) is 0 Å². The van der Waals surface area contributed by atoms with Crippen LogP contribution >= 0.6 is 0 Å². The second-order valence-electron chi connectivity index (χ2n) is 6.40.